The zero-order valence-corrected chi connectivity index (χ0v) is 24.1. The third-order valence-electron chi connectivity index (χ3n) is 14.0. The molecule has 4 N–H and O–H groups in total. The van der Waals surface area contributed by atoms with Gasteiger partial charge < -0.3 is 20.6 Å². The minimum Gasteiger partial charge on any atom is -0.396 e. The number of nitrogens with one attached hydrogen (secondary N) is 1. The summed E-state index contributed by atoms with van der Waals surface area (Å²) in [5.41, 5.74) is 0.921. The molecule has 5 aliphatic rings. The molecular formula is C32H53NO4. The molecule has 0 heterocycles. The first-order valence-corrected chi connectivity index (χ1v) is 15.2. The smallest absolute Gasteiger partial charge is 0.226 e. The Morgan fingerprint density at radius 1 is 0.892 bits per heavy atom. The molecule has 1 amide bonds. The van der Waals surface area contributed by atoms with Crippen molar-refractivity contribution in [3.05, 3.63) is 12.2 Å². The molecule has 5 nitrogen and oxygen atoms in total. The summed E-state index contributed by atoms with van der Waals surface area (Å²) in [5.74, 6) is 2.28. The van der Waals surface area contributed by atoms with E-state index < -0.39 is 11.5 Å². The average molecular weight is 516 g/mol. The van der Waals surface area contributed by atoms with Crippen LogP contribution in [-0.4, -0.2) is 47.1 Å². The second-order valence-electron chi connectivity index (χ2n) is 15.0. The highest BCUT2D eigenvalue weighted by molar-refractivity contribution is 5.83. The van der Waals surface area contributed by atoms with Gasteiger partial charge in [0.05, 0.1) is 24.7 Å². The quantitative estimate of drug-likeness (QED) is 0.384. The van der Waals surface area contributed by atoms with E-state index in [0.29, 0.717) is 36.1 Å². The maximum absolute atomic E-state index is 13.7. The van der Waals surface area contributed by atoms with Crippen LogP contribution in [0.15, 0.2) is 12.2 Å². The maximum atomic E-state index is 13.7. The van der Waals surface area contributed by atoms with Crippen molar-refractivity contribution in [3.63, 3.8) is 0 Å². The average Bonchev–Trinajstić information content (AvgIpc) is 3.27. The van der Waals surface area contributed by atoms with Gasteiger partial charge in [0.2, 0.25) is 5.91 Å². The summed E-state index contributed by atoms with van der Waals surface area (Å²) in [7, 11) is 0. The van der Waals surface area contributed by atoms with Gasteiger partial charge in [-0.15, -0.1) is 0 Å². The van der Waals surface area contributed by atoms with Crippen molar-refractivity contribution < 1.29 is 20.1 Å². The summed E-state index contributed by atoms with van der Waals surface area (Å²) in [6, 6.07) is 0. The van der Waals surface area contributed by atoms with Crippen LogP contribution in [0.1, 0.15) is 98.8 Å². The molecule has 0 spiro atoms. The number of hydrogen-bond donors (Lipinski definition) is 4. The van der Waals surface area contributed by atoms with Crippen molar-refractivity contribution in [2.24, 2.45) is 56.7 Å². The Labute approximate surface area is 224 Å². The Morgan fingerprint density at radius 3 is 2.27 bits per heavy atom. The molecule has 37 heavy (non-hydrogen) atoms. The minimum absolute atomic E-state index is 0.0154. The summed E-state index contributed by atoms with van der Waals surface area (Å²) in [4.78, 5) is 13.7. The number of allylic oxidation sites excluding steroid dienone is 1. The molecule has 0 aromatic rings. The lowest BCUT2D eigenvalue weighted by atomic mass is 9.32. The van der Waals surface area contributed by atoms with Gasteiger partial charge in [0.25, 0.3) is 0 Å². The van der Waals surface area contributed by atoms with Gasteiger partial charge >= 0.3 is 0 Å². The first-order valence-electron chi connectivity index (χ1n) is 15.2. The van der Waals surface area contributed by atoms with Crippen LogP contribution in [0, 0.1) is 56.7 Å². The molecule has 0 aromatic heterocycles. The molecule has 0 aromatic carbocycles. The molecular weight excluding hydrogens is 462 g/mol. The molecule has 0 radical (unpaired) electrons. The Hall–Kier alpha value is -0.910. The van der Waals surface area contributed by atoms with Crippen LogP contribution in [0.2, 0.25) is 0 Å². The number of fused-ring (bicyclic) bond motifs is 7. The van der Waals surface area contributed by atoms with Gasteiger partial charge in [-0.3, -0.25) is 4.79 Å². The van der Waals surface area contributed by atoms with Gasteiger partial charge in [0.1, 0.15) is 0 Å². The van der Waals surface area contributed by atoms with Crippen molar-refractivity contribution in [1.82, 2.24) is 5.32 Å². The van der Waals surface area contributed by atoms with E-state index in [1.165, 1.54) is 12.0 Å². The topological polar surface area (TPSA) is 89.8 Å². The molecule has 5 saturated carbocycles. The predicted octanol–water partition coefficient (Wildman–Crippen LogP) is 5.09. The second-order valence-corrected chi connectivity index (χ2v) is 15.0. The molecule has 0 bridgehead atoms. The van der Waals surface area contributed by atoms with Crippen LogP contribution in [-0.2, 0) is 4.79 Å². The van der Waals surface area contributed by atoms with Gasteiger partial charge in [-0.1, -0.05) is 39.8 Å². The highest BCUT2D eigenvalue weighted by Crippen LogP contribution is 2.77. The van der Waals surface area contributed by atoms with Crippen molar-refractivity contribution in [2.75, 3.05) is 19.8 Å². The number of carbonyl (C=O) groups excluding carboxylic acids is 1. The molecule has 11 atom stereocenters. The monoisotopic (exact) mass is 515 g/mol. The van der Waals surface area contributed by atoms with Crippen molar-refractivity contribution in [3.8, 4) is 0 Å². The van der Waals surface area contributed by atoms with Crippen LogP contribution < -0.4 is 5.32 Å². The first kappa shape index (κ1) is 27.6. The van der Waals surface area contributed by atoms with Crippen LogP contribution in [0.25, 0.3) is 0 Å². The lowest BCUT2D eigenvalue weighted by Gasteiger charge is -2.73. The molecule has 5 rings (SSSR count). The van der Waals surface area contributed by atoms with E-state index in [2.05, 4.69) is 46.5 Å². The van der Waals surface area contributed by atoms with Gasteiger partial charge in [0, 0.05) is 12.0 Å². The third-order valence-corrected chi connectivity index (χ3v) is 14.0. The lowest BCUT2D eigenvalue weighted by Crippen LogP contribution is -2.68. The normalized spacial score (nSPS) is 52.9. The Bertz CT molecular complexity index is 936. The molecule has 0 aliphatic heterocycles. The fourth-order valence-corrected chi connectivity index (χ4v) is 11.9. The van der Waals surface area contributed by atoms with Crippen LogP contribution in [0.4, 0.5) is 0 Å². The fourth-order valence-electron chi connectivity index (χ4n) is 11.9. The standard InChI is InChI=1S/C32H53NO4/c1-20(2)21-9-14-32(27(37)33-17-18-34)16-15-30(5)22(26(21)32)7-8-24-28(3)12-11-25(36)29(4,19-35)23(28)10-13-31(24,30)6/h21-26,34-36H,1,7-19H2,2-6H3,(H,33,37)/t21-,22?,23+,24+,25?,26+,28-,29-,30+,31+,32-/m0/s1. The third kappa shape index (κ3) is 3.48. The Morgan fingerprint density at radius 2 is 1.62 bits per heavy atom. The fraction of sp³-hybridized carbons (Fsp3) is 0.906. The minimum atomic E-state index is -0.422. The van der Waals surface area contributed by atoms with E-state index in [1.807, 2.05) is 0 Å². The van der Waals surface area contributed by atoms with Gasteiger partial charge in [-0.25, -0.2) is 0 Å². The lowest BCUT2D eigenvalue weighted by molar-refractivity contribution is -0.252. The summed E-state index contributed by atoms with van der Waals surface area (Å²) in [6.45, 7) is 16.7. The maximum Gasteiger partial charge on any atom is 0.226 e. The van der Waals surface area contributed by atoms with Crippen molar-refractivity contribution in [2.45, 2.75) is 105 Å². The molecule has 5 fully saturated rings. The van der Waals surface area contributed by atoms with E-state index in [1.54, 1.807) is 0 Å². The number of carbonyl (C=O) groups is 1. The van der Waals surface area contributed by atoms with Crippen LogP contribution >= 0.6 is 0 Å². The van der Waals surface area contributed by atoms with E-state index in [0.717, 1.165) is 57.8 Å². The summed E-state index contributed by atoms with van der Waals surface area (Å²) in [6.07, 6.45) is 9.94. The Kier molecular flexibility index (Phi) is 6.77. The largest absolute Gasteiger partial charge is 0.396 e. The van der Waals surface area contributed by atoms with Crippen molar-refractivity contribution in [1.29, 1.82) is 0 Å². The van der Waals surface area contributed by atoms with E-state index in [4.69, 9.17) is 0 Å². The number of amides is 1. The van der Waals surface area contributed by atoms with Gasteiger partial charge in [0.15, 0.2) is 0 Å². The Balaban J connectivity index is 1.54. The summed E-state index contributed by atoms with van der Waals surface area (Å²) in [5, 5.41) is 34.0. The van der Waals surface area contributed by atoms with E-state index >= 15 is 0 Å². The molecule has 0 saturated heterocycles. The molecule has 210 valence electrons. The molecule has 5 heteroatoms. The van der Waals surface area contributed by atoms with E-state index in [-0.39, 0.29) is 40.8 Å². The molecule has 5 aliphatic carbocycles. The van der Waals surface area contributed by atoms with Gasteiger partial charge in [-0.05, 0) is 117 Å². The number of hydrogen-bond acceptors (Lipinski definition) is 4. The number of aliphatic hydroxyl groups is 3. The zero-order chi connectivity index (χ0) is 27.0. The van der Waals surface area contributed by atoms with Crippen LogP contribution in [0.3, 0.4) is 0 Å². The highest BCUT2D eigenvalue weighted by Gasteiger charge is 2.72. The first-order chi connectivity index (χ1) is 17.4. The van der Waals surface area contributed by atoms with Crippen molar-refractivity contribution >= 4 is 5.91 Å². The number of rotatable bonds is 5. The summed E-state index contributed by atoms with van der Waals surface area (Å²) >= 11 is 0. The van der Waals surface area contributed by atoms with Crippen LogP contribution in [0.5, 0.6) is 0 Å². The molecule has 2 unspecified atom stereocenters. The second kappa shape index (κ2) is 9.06. The zero-order valence-electron chi connectivity index (χ0n) is 24.1. The van der Waals surface area contributed by atoms with Gasteiger partial charge in [-0.2, -0.15) is 0 Å². The SMILES string of the molecule is C=C(C)[C@@H]1CC[C@]2(C(=O)NCCO)CC[C@]3(C)C(CC[C@@H]4[C@@]5(C)CCC(O)[C@@](C)(CO)[C@@H]5CC[C@]43C)[C@@H]12. The highest BCUT2D eigenvalue weighted by atomic mass is 16.3. The predicted molar refractivity (Wildman–Crippen MR) is 146 cm³/mol. The van der Waals surface area contributed by atoms with E-state index in [9.17, 15) is 20.1 Å². The summed E-state index contributed by atoms with van der Waals surface area (Å²) < 4.78 is 0. The number of aliphatic hydroxyl groups excluding tert-OH is 3.